The molecular weight excluding hydrogens is 317 g/mol. The Morgan fingerprint density at radius 3 is 2.19 bits per heavy atom. The minimum Gasteiger partial charge on any atom is -0.385 e. The van der Waals surface area contributed by atoms with E-state index in [-0.39, 0.29) is 24.0 Å². The maximum Gasteiger partial charge on any atom is 0.191 e. The van der Waals surface area contributed by atoms with Crippen LogP contribution in [0.4, 0.5) is 0 Å². The van der Waals surface area contributed by atoms with E-state index in [9.17, 15) is 0 Å². The highest BCUT2D eigenvalue weighted by Crippen LogP contribution is 1.95. The summed E-state index contributed by atoms with van der Waals surface area (Å²) in [4.78, 5) is 4.45. The van der Waals surface area contributed by atoms with E-state index >= 15 is 0 Å². The molecule has 0 spiro atoms. The maximum absolute atomic E-state index is 4.99. The van der Waals surface area contributed by atoms with Crippen LogP contribution in [0.25, 0.3) is 0 Å². The molecule has 16 heavy (non-hydrogen) atoms. The highest BCUT2D eigenvalue weighted by Gasteiger charge is 1.93. The van der Waals surface area contributed by atoms with Crippen LogP contribution < -0.4 is 10.6 Å². The van der Waals surface area contributed by atoms with Gasteiger partial charge in [-0.15, -0.1) is 24.0 Å². The van der Waals surface area contributed by atoms with Gasteiger partial charge >= 0.3 is 0 Å². The van der Waals surface area contributed by atoms with Gasteiger partial charge in [-0.25, -0.2) is 0 Å². The van der Waals surface area contributed by atoms with Gasteiger partial charge in [0.2, 0.25) is 0 Å². The number of aliphatic imine (C=N–C) groups is 1. The van der Waals surface area contributed by atoms with Crippen molar-refractivity contribution in [3.05, 3.63) is 0 Å². The number of methoxy groups -OCH3 is 1. The van der Waals surface area contributed by atoms with Crippen LogP contribution in [0.1, 0.15) is 33.1 Å². The first-order chi connectivity index (χ1) is 7.35. The lowest BCUT2D eigenvalue weighted by Crippen LogP contribution is -2.37. The van der Waals surface area contributed by atoms with Gasteiger partial charge in [-0.05, 0) is 33.1 Å². The van der Waals surface area contributed by atoms with Crippen molar-refractivity contribution in [3.63, 3.8) is 0 Å². The fraction of sp³-hybridized carbons (Fsp3) is 0.909. The molecule has 2 N–H and O–H groups in total. The number of unbranched alkanes of at least 4 members (excludes halogenated alkanes) is 2. The minimum absolute atomic E-state index is 0. The van der Waals surface area contributed by atoms with Crippen LogP contribution in [-0.2, 0) is 4.74 Å². The molecule has 0 aliphatic carbocycles. The highest BCUT2D eigenvalue weighted by molar-refractivity contribution is 14.0. The SMILES string of the molecule is CCNC(=NCCCCCOC)NCC.I. The zero-order chi connectivity index (χ0) is 11.4. The zero-order valence-corrected chi connectivity index (χ0v) is 13.0. The van der Waals surface area contributed by atoms with Gasteiger partial charge < -0.3 is 15.4 Å². The fourth-order valence-electron chi connectivity index (χ4n) is 1.24. The van der Waals surface area contributed by atoms with E-state index in [0.717, 1.165) is 45.0 Å². The van der Waals surface area contributed by atoms with Gasteiger partial charge in [0, 0.05) is 33.4 Å². The molecule has 0 atom stereocenters. The average molecular weight is 343 g/mol. The first-order valence-corrected chi connectivity index (χ1v) is 5.86. The van der Waals surface area contributed by atoms with Crippen LogP contribution in [0, 0.1) is 0 Å². The molecule has 0 saturated heterocycles. The molecule has 0 radical (unpaired) electrons. The van der Waals surface area contributed by atoms with Gasteiger partial charge in [-0.1, -0.05) is 0 Å². The summed E-state index contributed by atoms with van der Waals surface area (Å²) in [6, 6.07) is 0. The van der Waals surface area contributed by atoms with Gasteiger partial charge in [0.05, 0.1) is 0 Å². The van der Waals surface area contributed by atoms with Crippen molar-refractivity contribution >= 4 is 29.9 Å². The van der Waals surface area contributed by atoms with E-state index in [1.165, 1.54) is 6.42 Å². The third kappa shape index (κ3) is 12.0. The van der Waals surface area contributed by atoms with E-state index in [2.05, 4.69) is 29.5 Å². The van der Waals surface area contributed by atoms with E-state index < -0.39 is 0 Å². The van der Waals surface area contributed by atoms with E-state index in [1.807, 2.05) is 0 Å². The second-order valence-corrected chi connectivity index (χ2v) is 3.34. The summed E-state index contributed by atoms with van der Waals surface area (Å²) in [6.45, 7) is 7.72. The molecular formula is C11H26IN3O. The Morgan fingerprint density at radius 1 is 1.06 bits per heavy atom. The lowest BCUT2D eigenvalue weighted by molar-refractivity contribution is 0.192. The number of halogens is 1. The Hall–Kier alpha value is -0.0400. The second kappa shape index (κ2) is 15.0. The van der Waals surface area contributed by atoms with Crippen molar-refractivity contribution in [2.45, 2.75) is 33.1 Å². The molecule has 98 valence electrons. The van der Waals surface area contributed by atoms with Crippen molar-refractivity contribution in [3.8, 4) is 0 Å². The summed E-state index contributed by atoms with van der Waals surface area (Å²) in [6.07, 6.45) is 3.44. The molecule has 0 fully saturated rings. The Labute approximate surface area is 117 Å². The Kier molecular flexibility index (Phi) is 17.1. The van der Waals surface area contributed by atoms with Crippen molar-refractivity contribution in [2.24, 2.45) is 4.99 Å². The van der Waals surface area contributed by atoms with Gasteiger partial charge in [-0.2, -0.15) is 0 Å². The number of rotatable bonds is 8. The van der Waals surface area contributed by atoms with E-state index in [4.69, 9.17) is 4.74 Å². The average Bonchev–Trinajstić information content (AvgIpc) is 2.24. The van der Waals surface area contributed by atoms with Crippen molar-refractivity contribution in [1.29, 1.82) is 0 Å². The quantitative estimate of drug-likeness (QED) is 0.307. The molecule has 0 amide bonds. The smallest absolute Gasteiger partial charge is 0.191 e. The first-order valence-electron chi connectivity index (χ1n) is 5.86. The minimum atomic E-state index is 0. The summed E-state index contributed by atoms with van der Waals surface area (Å²) in [5.74, 6) is 0.923. The predicted octanol–water partition coefficient (Wildman–Crippen LogP) is 2.00. The summed E-state index contributed by atoms with van der Waals surface area (Å²) in [5.41, 5.74) is 0. The number of nitrogens with one attached hydrogen (secondary N) is 2. The predicted molar refractivity (Wildman–Crippen MR) is 80.8 cm³/mol. The van der Waals surface area contributed by atoms with Crippen LogP contribution in [0.3, 0.4) is 0 Å². The number of hydrogen-bond acceptors (Lipinski definition) is 2. The summed E-state index contributed by atoms with van der Waals surface area (Å²) in [7, 11) is 1.74. The molecule has 0 unspecified atom stereocenters. The molecule has 0 aromatic heterocycles. The Balaban J connectivity index is 0. The van der Waals surface area contributed by atoms with Crippen LogP contribution in [0.15, 0.2) is 4.99 Å². The molecule has 0 aliphatic rings. The van der Waals surface area contributed by atoms with Crippen LogP contribution >= 0.6 is 24.0 Å². The summed E-state index contributed by atoms with van der Waals surface area (Å²) in [5, 5.41) is 6.40. The highest BCUT2D eigenvalue weighted by atomic mass is 127. The molecule has 0 heterocycles. The lowest BCUT2D eigenvalue weighted by atomic mass is 10.2. The maximum atomic E-state index is 4.99. The van der Waals surface area contributed by atoms with Crippen LogP contribution in [0.2, 0.25) is 0 Å². The molecule has 4 nitrogen and oxygen atoms in total. The van der Waals surface area contributed by atoms with Gasteiger partial charge in [0.15, 0.2) is 5.96 Å². The van der Waals surface area contributed by atoms with E-state index in [1.54, 1.807) is 7.11 Å². The number of guanidine groups is 1. The van der Waals surface area contributed by atoms with Gasteiger partial charge in [0.25, 0.3) is 0 Å². The molecule has 0 aromatic carbocycles. The lowest BCUT2D eigenvalue weighted by Gasteiger charge is -2.08. The third-order valence-electron chi connectivity index (χ3n) is 1.96. The van der Waals surface area contributed by atoms with Crippen LogP contribution in [-0.4, -0.2) is 39.3 Å². The van der Waals surface area contributed by atoms with Gasteiger partial charge in [-0.3, -0.25) is 4.99 Å². The number of ether oxygens (including phenoxy) is 1. The van der Waals surface area contributed by atoms with Gasteiger partial charge in [0.1, 0.15) is 0 Å². The Bertz CT molecular complexity index is 157. The van der Waals surface area contributed by atoms with Crippen molar-refractivity contribution in [2.75, 3.05) is 33.4 Å². The topological polar surface area (TPSA) is 45.7 Å². The first kappa shape index (κ1) is 18.3. The van der Waals surface area contributed by atoms with Crippen molar-refractivity contribution in [1.82, 2.24) is 10.6 Å². The fourth-order valence-corrected chi connectivity index (χ4v) is 1.24. The van der Waals surface area contributed by atoms with Crippen molar-refractivity contribution < 1.29 is 4.74 Å². The summed E-state index contributed by atoms with van der Waals surface area (Å²) < 4.78 is 4.99. The molecule has 0 saturated carbocycles. The third-order valence-corrected chi connectivity index (χ3v) is 1.96. The monoisotopic (exact) mass is 343 g/mol. The second-order valence-electron chi connectivity index (χ2n) is 3.34. The molecule has 0 bridgehead atoms. The largest absolute Gasteiger partial charge is 0.385 e. The molecule has 0 rings (SSSR count). The van der Waals surface area contributed by atoms with Crippen LogP contribution in [0.5, 0.6) is 0 Å². The molecule has 0 aliphatic heterocycles. The zero-order valence-electron chi connectivity index (χ0n) is 10.7. The Morgan fingerprint density at radius 2 is 1.69 bits per heavy atom. The normalized spacial score (nSPS) is 9.19. The number of nitrogens with zero attached hydrogens (tertiary/aromatic N) is 1. The molecule has 0 aromatic rings. The standard InChI is InChI=1S/C11H25N3O.HI/c1-4-12-11(13-5-2)14-9-7-6-8-10-15-3;/h4-10H2,1-3H3,(H2,12,13,14);1H. The molecule has 5 heteroatoms. The number of hydrogen-bond donors (Lipinski definition) is 2. The van der Waals surface area contributed by atoms with E-state index in [0.29, 0.717) is 0 Å². The summed E-state index contributed by atoms with van der Waals surface area (Å²) >= 11 is 0.